The molecule has 1 aromatic carbocycles. The van der Waals surface area contributed by atoms with Gasteiger partial charge in [-0.15, -0.1) is 0 Å². The van der Waals surface area contributed by atoms with Gasteiger partial charge in [0.2, 0.25) is 10.0 Å². The standard InChI is InChI=1S/C13H23N3O3S/c1-15-20(17,18)13-10-11(14)6-7-12(13)16-8-4-3-5-9-19-2/h6-7,10,15-16H,3-5,8-9,14H2,1-2H3. The zero-order valence-corrected chi connectivity index (χ0v) is 12.8. The summed E-state index contributed by atoms with van der Waals surface area (Å²) in [5, 5.41) is 3.14. The van der Waals surface area contributed by atoms with Crippen LogP contribution in [0.1, 0.15) is 19.3 Å². The summed E-state index contributed by atoms with van der Waals surface area (Å²) >= 11 is 0. The van der Waals surface area contributed by atoms with Gasteiger partial charge in [0, 0.05) is 25.9 Å². The Morgan fingerprint density at radius 2 is 2.00 bits per heavy atom. The van der Waals surface area contributed by atoms with Crippen LogP contribution in [0.4, 0.5) is 11.4 Å². The Morgan fingerprint density at radius 3 is 2.65 bits per heavy atom. The number of benzene rings is 1. The second kappa shape index (κ2) is 8.08. The van der Waals surface area contributed by atoms with Gasteiger partial charge >= 0.3 is 0 Å². The normalized spacial score (nSPS) is 11.5. The molecule has 0 radical (unpaired) electrons. The van der Waals surface area contributed by atoms with Gasteiger partial charge in [-0.25, -0.2) is 13.1 Å². The molecule has 0 unspecified atom stereocenters. The van der Waals surface area contributed by atoms with E-state index >= 15 is 0 Å². The van der Waals surface area contributed by atoms with Gasteiger partial charge in [0.15, 0.2) is 0 Å². The Labute approximate surface area is 120 Å². The van der Waals surface area contributed by atoms with Crippen LogP contribution >= 0.6 is 0 Å². The van der Waals surface area contributed by atoms with Crippen molar-refractivity contribution in [2.45, 2.75) is 24.2 Å². The minimum atomic E-state index is -3.52. The molecule has 0 aromatic heterocycles. The maximum absolute atomic E-state index is 11.9. The Balaban J connectivity index is 2.66. The Kier molecular flexibility index (Phi) is 6.77. The first kappa shape index (κ1) is 16.7. The summed E-state index contributed by atoms with van der Waals surface area (Å²) in [5.74, 6) is 0. The van der Waals surface area contributed by atoms with Gasteiger partial charge in [-0.2, -0.15) is 0 Å². The molecule has 0 saturated heterocycles. The summed E-state index contributed by atoms with van der Waals surface area (Å²) in [7, 11) is -0.451. The van der Waals surface area contributed by atoms with Crippen molar-refractivity contribution in [3.63, 3.8) is 0 Å². The fourth-order valence-corrected chi connectivity index (χ4v) is 2.73. The maximum atomic E-state index is 11.9. The summed E-state index contributed by atoms with van der Waals surface area (Å²) in [6.45, 7) is 1.46. The predicted octanol–water partition coefficient (Wildman–Crippen LogP) is 1.41. The molecule has 0 amide bonds. The highest BCUT2D eigenvalue weighted by Gasteiger charge is 2.16. The number of rotatable bonds is 9. The summed E-state index contributed by atoms with van der Waals surface area (Å²) in [6.07, 6.45) is 2.98. The third-order valence-electron chi connectivity index (χ3n) is 2.90. The van der Waals surface area contributed by atoms with Gasteiger partial charge < -0.3 is 15.8 Å². The van der Waals surface area contributed by atoms with Gasteiger partial charge in [0.05, 0.1) is 5.69 Å². The number of hydrogen-bond donors (Lipinski definition) is 3. The smallest absolute Gasteiger partial charge is 0.242 e. The van der Waals surface area contributed by atoms with Crippen LogP contribution in [0, 0.1) is 0 Å². The number of ether oxygens (including phenoxy) is 1. The minimum Gasteiger partial charge on any atom is -0.399 e. The number of nitrogens with one attached hydrogen (secondary N) is 2. The van der Waals surface area contributed by atoms with Crippen LogP contribution in [-0.2, 0) is 14.8 Å². The molecule has 20 heavy (non-hydrogen) atoms. The molecular formula is C13H23N3O3S. The number of hydrogen-bond acceptors (Lipinski definition) is 5. The first-order valence-electron chi connectivity index (χ1n) is 6.57. The molecule has 1 rings (SSSR count). The van der Waals surface area contributed by atoms with E-state index in [2.05, 4.69) is 10.0 Å². The molecule has 4 N–H and O–H groups in total. The van der Waals surface area contributed by atoms with Crippen LogP contribution in [0.25, 0.3) is 0 Å². The van der Waals surface area contributed by atoms with Gasteiger partial charge in [-0.05, 0) is 44.5 Å². The van der Waals surface area contributed by atoms with Crippen molar-refractivity contribution >= 4 is 21.4 Å². The van der Waals surface area contributed by atoms with Crippen LogP contribution in [0.15, 0.2) is 23.1 Å². The second-order valence-corrected chi connectivity index (χ2v) is 6.30. The molecular weight excluding hydrogens is 278 g/mol. The SMILES string of the molecule is CNS(=O)(=O)c1cc(N)ccc1NCCCCCOC. The predicted molar refractivity (Wildman–Crippen MR) is 81.3 cm³/mol. The lowest BCUT2D eigenvalue weighted by Crippen LogP contribution is -2.20. The first-order valence-corrected chi connectivity index (χ1v) is 8.05. The van der Waals surface area contributed by atoms with E-state index < -0.39 is 10.0 Å². The van der Waals surface area contributed by atoms with E-state index in [0.29, 0.717) is 17.9 Å². The van der Waals surface area contributed by atoms with Crippen LogP contribution in [0.3, 0.4) is 0 Å². The van der Waals surface area contributed by atoms with Crippen molar-refractivity contribution in [1.29, 1.82) is 0 Å². The zero-order chi connectivity index (χ0) is 15.0. The van der Waals surface area contributed by atoms with Crippen LogP contribution in [0.5, 0.6) is 0 Å². The highest BCUT2D eigenvalue weighted by molar-refractivity contribution is 7.89. The molecule has 0 spiro atoms. The van der Waals surface area contributed by atoms with Crippen LogP contribution in [0.2, 0.25) is 0 Å². The number of methoxy groups -OCH3 is 1. The van der Waals surface area contributed by atoms with Crippen molar-refractivity contribution in [3.8, 4) is 0 Å². The van der Waals surface area contributed by atoms with Crippen LogP contribution < -0.4 is 15.8 Å². The average Bonchev–Trinajstić information content (AvgIpc) is 2.44. The van der Waals surface area contributed by atoms with E-state index in [9.17, 15) is 8.42 Å². The molecule has 0 aliphatic rings. The summed E-state index contributed by atoms with van der Waals surface area (Å²) < 4.78 is 31.1. The number of anilines is 2. The molecule has 7 heteroatoms. The fourth-order valence-electron chi connectivity index (χ4n) is 1.79. The molecule has 0 bridgehead atoms. The van der Waals surface area contributed by atoms with Gasteiger partial charge in [-0.1, -0.05) is 0 Å². The van der Waals surface area contributed by atoms with E-state index in [1.165, 1.54) is 13.1 Å². The lowest BCUT2D eigenvalue weighted by Gasteiger charge is -2.12. The minimum absolute atomic E-state index is 0.178. The Hall–Kier alpha value is -1.31. The van der Waals surface area contributed by atoms with Gasteiger partial charge in [0.25, 0.3) is 0 Å². The lowest BCUT2D eigenvalue weighted by atomic mass is 10.2. The number of nitrogen functional groups attached to an aromatic ring is 1. The fraction of sp³-hybridized carbons (Fsp3) is 0.538. The maximum Gasteiger partial charge on any atom is 0.242 e. The average molecular weight is 301 g/mol. The molecule has 0 fully saturated rings. The Morgan fingerprint density at radius 1 is 1.25 bits per heavy atom. The zero-order valence-electron chi connectivity index (χ0n) is 12.0. The summed E-state index contributed by atoms with van der Waals surface area (Å²) in [4.78, 5) is 0.178. The van der Waals surface area contributed by atoms with Crippen molar-refractivity contribution < 1.29 is 13.2 Å². The summed E-state index contributed by atoms with van der Waals surface area (Å²) in [5.41, 5.74) is 6.65. The van der Waals surface area contributed by atoms with Crippen molar-refractivity contribution in [2.75, 3.05) is 38.4 Å². The van der Waals surface area contributed by atoms with Crippen molar-refractivity contribution in [3.05, 3.63) is 18.2 Å². The van der Waals surface area contributed by atoms with E-state index in [4.69, 9.17) is 10.5 Å². The third-order valence-corrected chi connectivity index (χ3v) is 4.36. The lowest BCUT2D eigenvalue weighted by molar-refractivity contribution is 0.192. The van der Waals surface area contributed by atoms with Gasteiger partial charge in [0.1, 0.15) is 4.90 Å². The highest BCUT2D eigenvalue weighted by Crippen LogP contribution is 2.23. The van der Waals surface area contributed by atoms with E-state index in [0.717, 1.165) is 25.9 Å². The Bertz CT molecular complexity index is 518. The van der Waals surface area contributed by atoms with E-state index in [-0.39, 0.29) is 4.90 Å². The van der Waals surface area contributed by atoms with E-state index in [1.807, 2.05) is 0 Å². The molecule has 0 atom stereocenters. The molecule has 0 saturated carbocycles. The molecule has 6 nitrogen and oxygen atoms in total. The molecule has 114 valence electrons. The van der Waals surface area contributed by atoms with Crippen LogP contribution in [-0.4, -0.2) is 35.7 Å². The molecule has 1 aromatic rings. The summed E-state index contributed by atoms with van der Waals surface area (Å²) in [6, 6.07) is 4.83. The molecule has 0 aliphatic carbocycles. The molecule has 0 aliphatic heterocycles. The third kappa shape index (κ3) is 4.99. The van der Waals surface area contributed by atoms with Gasteiger partial charge in [-0.3, -0.25) is 0 Å². The topological polar surface area (TPSA) is 93.5 Å². The van der Waals surface area contributed by atoms with Crippen molar-refractivity contribution in [1.82, 2.24) is 4.72 Å². The monoisotopic (exact) mass is 301 g/mol. The number of unbranched alkanes of at least 4 members (excludes halogenated alkanes) is 2. The number of nitrogens with two attached hydrogens (primary N) is 1. The largest absolute Gasteiger partial charge is 0.399 e. The number of sulfonamides is 1. The molecule has 0 heterocycles. The first-order chi connectivity index (χ1) is 9.51. The van der Waals surface area contributed by atoms with E-state index in [1.54, 1.807) is 19.2 Å². The second-order valence-electron chi connectivity index (χ2n) is 4.44. The quantitative estimate of drug-likeness (QED) is 0.473. The van der Waals surface area contributed by atoms with Crippen molar-refractivity contribution in [2.24, 2.45) is 0 Å². The highest BCUT2D eigenvalue weighted by atomic mass is 32.2.